The second kappa shape index (κ2) is 12.9. The molecule has 2 heterocycles. The van der Waals surface area contributed by atoms with E-state index in [0.29, 0.717) is 47.6 Å². The minimum absolute atomic E-state index is 0.0409. The van der Waals surface area contributed by atoms with Crippen molar-refractivity contribution in [2.75, 3.05) is 42.9 Å². The number of anilines is 2. The van der Waals surface area contributed by atoms with Crippen LogP contribution in [0.4, 0.5) is 16.5 Å². The molecular weight excluding hydrogens is 556 g/mol. The Hall–Kier alpha value is -4.03. The highest BCUT2D eigenvalue weighted by atomic mass is 35.5. The number of amides is 3. The third-order valence-corrected chi connectivity index (χ3v) is 7.63. The molecule has 3 amide bonds. The molecule has 40 heavy (non-hydrogen) atoms. The summed E-state index contributed by atoms with van der Waals surface area (Å²) < 4.78 is 0. The van der Waals surface area contributed by atoms with Gasteiger partial charge in [-0.05, 0) is 38.1 Å². The summed E-state index contributed by atoms with van der Waals surface area (Å²) in [5.41, 5.74) is 1.80. The molecule has 1 N–H and O–H groups in total. The molecule has 0 aliphatic carbocycles. The van der Waals surface area contributed by atoms with Crippen LogP contribution in [0, 0.1) is 10.1 Å². The quantitative estimate of drug-likeness (QED) is 0.296. The lowest BCUT2D eigenvalue weighted by molar-refractivity contribution is -0.384. The molecule has 0 radical (unpaired) electrons. The van der Waals surface area contributed by atoms with Crippen molar-refractivity contribution in [1.29, 1.82) is 0 Å². The molecular formula is C27H29ClN6O5S. The van der Waals surface area contributed by atoms with Gasteiger partial charge in [-0.1, -0.05) is 23.7 Å². The average Bonchev–Trinajstić information content (AvgIpc) is 3.37. The standard InChI is InChI=1S/C27H29ClN6O5S/c1-18(2)33(26(37)22-5-3-4-6-23(22)28)16-24(35)30-27-29-19(17-40-27)15-25(36)32-13-11-31(12-14-32)20-7-9-21(10-8-20)34(38)39/h3-10,17-18H,11-16H2,1-2H3,(H,29,30,35). The number of piperazine rings is 1. The van der Waals surface area contributed by atoms with Crippen molar-refractivity contribution in [2.45, 2.75) is 26.3 Å². The molecule has 11 nitrogen and oxygen atoms in total. The first-order valence-electron chi connectivity index (χ1n) is 12.7. The van der Waals surface area contributed by atoms with E-state index in [2.05, 4.69) is 15.2 Å². The van der Waals surface area contributed by atoms with Crippen LogP contribution >= 0.6 is 22.9 Å². The number of nitrogens with one attached hydrogen (secondary N) is 1. The van der Waals surface area contributed by atoms with Crippen LogP contribution in [0.15, 0.2) is 53.9 Å². The molecule has 210 valence electrons. The van der Waals surface area contributed by atoms with Gasteiger partial charge in [0, 0.05) is 55.4 Å². The normalized spacial score (nSPS) is 13.3. The molecule has 1 aliphatic rings. The van der Waals surface area contributed by atoms with E-state index in [1.54, 1.807) is 46.7 Å². The number of rotatable bonds is 9. The number of hydrogen-bond acceptors (Lipinski definition) is 8. The monoisotopic (exact) mass is 584 g/mol. The van der Waals surface area contributed by atoms with E-state index in [-0.39, 0.29) is 36.5 Å². The molecule has 2 aromatic carbocycles. The maximum absolute atomic E-state index is 13.0. The fourth-order valence-electron chi connectivity index (χ4n) is 4.30. The Balaban J connectivity index is 1.27. The average molecular weight is 585 g/mol. The zero-order chi connectivity index (χ0) is 28.8. The number of halogens is 1. The highest BCUT2D eigenvalue weighted by molar-refractivity contribution is 7.13. The lowest BCUT2D eigenvalue weighted by Gasteiger charge is -2.36. The predicted octanol–water partition coefficient (Wildman–Crippen LogP) is 4.09. The third kappa shape index (κ3) is 7.13. The van der Waals surface area contributed by atoms with Crippen molar-refractivity contribution in [1.82, 2.24) is 14.8 Å². The van der Waals surface area contributed by atoms with Gasteiger partial charge in [-0.2, -0.15) is 0 Å². The molecule has 1 aromatic heterocycles. The van der Waals surface area contributed by atoms with E-state index in [1.165, 1.54) is 28.4 Å². The van der Waals surface area contributed by atoms with Crippen molar-refractivity contribution in [2.24, 2.45) is 0 Å². The summed E-state index contributed by atoms with van der Waals surface area (Å²) in [6.45, 7) is 5.74. The molecule has 13 heteroatoms. The summed E-state index contributed by atoms with van der Waals surface area (Å²) in [7, 11) is 0. The van der Waals surface area contributed by atoms with E-state index >= 15 is 0 Å². The summed E-state index contributed by atoms with van der Waals surface area (Å²) in [5.74, 6) is -0.804. The van der Waals surface area contributed by atoms with Crippen LogP contribution in [0.25, 0.3) is 0 Å². The van der Waals surface area contributed by atoms with Crippen molar-refractivity contribution in [3.05, 3.63) is 80.3 Å². The van der Waals surface area contributed by atoms with E-state index in [1.807, 2.05) is 13.8 Å². The summed E-state index contributed by atoms with van der Waals surface area (Å²) in [4.78, 5) is 58.7. The van der Waals surface area contributed by atoms with E-state index in [9.17, 15) is 24.5 Å². The molecule has 1 aliphatic heterocycles. The number of aromatic nitrogens is 1. The van der Waals surface area contributed by atoms with E-state index in [4.69, 9.17) is 11.6 Å². The molecule has 0 atom stereocenters. The number of nitro groups is 1. The first kappa shape index (κ1) is 29.0. The largest absolute Gasteiger partial charge is 0.368 e. The zero-order valence-corrected chi connectivity index (χ0v) is 23.7. The van der Waals surface area contributed by atoms with Gasteiger partial charge in [0.1, 0.15) is 6.54 Å². The smallest absolute Gasteiger partial charge is 0.269 e. The lowest BCUT2D eigenvalue weighted by atomic mass is 10.1. The van der Waals surface area contributed by atoms with E-state index < -0.39 is 10.8 Å². The fourth-order valence-corrected chi connectivity index (χ4v) is 5.25. The Morgan fingerprint density at radius 2 is 1.77 bits per heavy atom. The van der Waals surface area contributed by atoms with Crippen LogP contribution in [0.3, 0.4) is 0 Å². The number of carbonyl (C=O) groups excluding carboxylic acids is 3. The van der Waals surface area contributed by atoms with Crippen LogP contribution in [-0.4, -0.2) is 76.2 Å². The number of thiazole rings is 1. The second-order valence-electron chi connectivity index (χ2n) is 9.52. The summed E-state index contributed by atoms with van der Waals surface area (Å²) in [5, 5.41) is 16.0. The van der Waals surface area contributed by atoms with Crippen LogP contribution < -0.4 is 10.2 Å². The van der Waals surface area contributed by atoms with Crippen LogP contribution in [-0.2, 0) is 16.0 Å². The Kier molecular flexibility index (Phi) is 9.33. The van der Waals surface area contributed by atoms with Gasteiger partial charge < -0.3 is 20.0 Å². The van der Waals surface area contributed by atoms with Gasteiger partial charge in [-0.25, -0.2) is 4.98 Å². The molecule has 0 saturated carbocycles. The van der Waals surface area contributed by atoms with Crippen molar-refractivity contribution < 1.29 is 19.3 Å². The Labute approximate surface area is 240 Å². The highest BCUT2D eigenvalue weighted by Crippen LogP contribution is 2.22. The highest BCUT2D eigenvalue weighted by Gasteiger charge is 2.25. The third-order valence-electron chi connectivity index (χ3n) is 6.49. The lowest BCUT2D eigenvalue weighted by Crippen LogP contribution is -2.49. The fraction of sp³-hybridized carbons (Fsp3) is 0.333. The topological polar surface area (TPSA) is 129 Å². The first-order chi connectivity index (χ1) is 19.1. The SMILES string of the molecule is CC(C)N(CC(=O)Nc1nc(CC(=O)N2CCN(c3ccc([N+](=O)[O-])cc3)CC2)cs1)C(=O)c1ccccc1Cl. The molecule has 0 unspecified atom stereocenters. The minimum atomic E-state index is -0.431. The molecule has 1 fully saturated rings. The van der Waals surface area contributed by atoms with Crippen LogP contribution in [0.5, 0.6) is 0 Å². The minimum Gasteiger partial charge on any atom is -0.368 e. The number of nitrogens with zero attached hydrogens (tertiary/aromatic N) is 5. The Morgan fingerprint density at radius 3 is 2.40 bits per heavy atom. The number of benzene rings is 2. The van der Waals surface area contributed by atoms with Gasteiger partial charge in [0.15, 0.2) is 5.13 Å². The molecule has 0 spiro atoms. The number of non-ortho nitro benzene ring substituents is 1. The maximum Gasteiger partial charge on any atom is 0.269 e. The summed E-state index contributed by atoms with van der Waals surface area (Å²) in [6.07, 6.45) is 0.104. The number of hydrogen-bond donors (Lipinski definition) is 1. The number of nitro benzene ring substituents is 1. The Morgan fingerprint density at radius 1 is 1.10 bits per heavy atom. The van der Waals surface area contributed by atoms with Gasteiger partial charge in [0.25, 0.3) is 11.6 Å². The summed E-state index contributed by atoms with van der Waals surface area (Å²) >= 11 is 7.39. The van der Waals surface area contributed by atoms with Gasteiger partial charge in [-0.3, -0.25) is 24.5 Å². The van der Waals surface area contributed by atoms with Crippen molar-refractivity contribution in [3.8, 4) is 0 Å². The van der Waals surface area contributed by atoms with Crippen molar-refractivity contribution >= 4 is 57.2 Å². The van der Waals surface area contributed by atoms with Crippen molar-refractivity contribution in [3.63, 3.8) is 0 Å². The maximum atomic E-state index is 13.0. The predicted molar refractivity (Wildman–Crippen MR) is 154 cm³/mol. The van der Waals surface area contributed by atoms with Crippen LogP contribution in [0.2, 0.25) is 5.02 Å². The molecule has 3 aromatic rings. The van der Waals surface area contributed by atoms with Gasteiger partial charge in [0.05, 0.1) is 27.6 Å². The van der Waals surface area contributed by atoms with E-state index in [0.717, 1.165) is 5.69 Å². The molecule has 1 saturated heterocycles. The van der Waals surface area contributed by atoms with Gasteiger partial charge >= 0.3 is 0 Å². The van der Waals surface area contributed by atoms with Gasteiger partial charge in [-0.15, -0.1) is 11.3 Å². The number of carbonyl (C=O) groups is 3. The molecule has 4 rings (SSSR count). The van der Waals surface area contributed by atoms with Crippen LogP contribution in [0.1, 0.15) is 29.9 Å². The van der Waals surface area contributed by atoms with Gasteiger partial charge in [0.2, 0.25) is 11.8 Å². The summed E-state index contributed by atoms with van der Waals surface area (Å²) in [6, 6.07) is 12.8. The second-order valence-corrected chi connectivity index (χ2v) is 10.8. The zero-order valence-electron chi connectivity index (χ0n) is 22.1. The Bertz CT molecular complexity index is 1390. The molecule has 0 bridgehead atoms. The first-order valence-corrected chi connectivity index (χ1v) is 13.9.